The van der Waals surface area contributed by atoms with E-state index in [2.05, 4.69) is 26.1 Å². The quantitative estimate of drug-likeness (QED) is 0.477. The Morgan fingerprint density at radius 1 is 1.25 bits per heavy atom. The topological polar surface area (TPSA) is 91.3 Å². The molecule has 0 radical (unpaired) electrons. The van der Waals surface area contributed by atoms with Crippen molar-refractivity contribution in [2.75, 3.05) is 0 Å². The Balaban J connectivity index is 1.78. The fourth-order valence-electron chi connectivity index (χ4n) is 2.08. The molecule has 3 rings (SSSR count). The number of hydrogen-bond donors (Lipinski definition) is 0. The third-order valence-corrected chi connectivity index (χ3v) is 3.93. The lowest BCUT2D eigenvalue weighted by atomic mass is 10.2. The van der Waals surface area contributed by atoms with Gasteiger partial charge in [0.25, 0.3) is 5.89 Å². The third-order valence-electron chi connectivity index (χ3n) is 3.23. The lowest BCUT2D eigenvalue weighted by molar-refractivity contribution is -0.386. The van der Waals surface area contributed by atoms with Crippen LogP contribution in [0.15, 0.2) is 51.4 Å². The van der Waals surface area contributed by atoms with E-state index < -0.39 is 4.92 Å². The van der Waals surface area contributed by atoms with Crippen molar-refractivity contribution in [3.8, 4) is 17.2 Å². The van der Waals surface area contributed by atoms with Gasteiger partial charge in [-0.25, -0.2) is 0 Å². The van der Waals surface area contributed by atoms with Crippen LogP contribution in [0.1, 0.15) is 11.5 Å². The summed E-state index contributed by atoms with van der Waals surface area (Å²) in [5.74, 6) is 0.747. The molecule has 0 aliphatic heterocycles. The predicted octanol–water partition coefficient (Wildman–Crippen LogP) is 4.29. The standard InChI is InChI=1S/C16H12BrN3O4/c1-10-6-7-13(20(21)22)14(8-10)23-9-15-18-19-16(24-15)11-4-2-3-5-12(11)17/h2-8H,9H2,1H3. The Labute approximate surface area is 145 Å². The molecular formula is C16H12BrN3O4. The van der Waals surface area contributed by atoms with Crippen LogP contribution in [0.25, 0.3) is 11.5 Å². The second-order valence-electron chi connectivity index (χ2n) is 5.00. The fraction of sp³-hybridized carbons (Fsp3) is 0.125. The van der Waals surface area contributed by atoms with Gasteiger partial charge in [-0.15, -0.1) is 10.2 Å². The minimum Gasteiger partial charge on any atom is -0.477 e. The van der Waals surface area contributed by atoms with Gasteiger partial charge in [0.2, 0.25) is 5.89 Å². The van der Waals surface area contributed by atoms with Gasteiger partial charge in [0.05, 0.1) is 10.5 Å². The van der Waals surface area contributed by atoms with Crippen LogP contribution in [0, 0.1) is 17.0 Å². The molecule has 0 fully saturated rings. The van der Waals surface area contributed by atoms with Crippen molar-refractivity contribution in [3.63, 3.8) is 0 Å². The summed E-state index contributed by atoms with van der Waals surface area (Å²) < 4.78 is 11.9. The van der Waals surface area contributed by atoms with Crippen LogP contribution in [-0.4, -0.2) is 15.1 Å². The van der Waals surface area contributed by atoms with Crippen molar-refractivity contribution in [1.82, 2.24) is 10.2 Å². The van der Waals surface area contributed by atoms with E-state index in [1.165, 1.54) is 6.07 Å². The molecule has 0 saturated carbocycles. The van der Waals surface area contributed by atoms with E-state index in [-0.39, 0.29) is 23.9 Å². The smallest absolute Gasteiger partial charge is 0.310 e. The summed E-state index contributed by atoms with van der Waals surface area (Å²) in [6, 6.07) is 12.1. The number of ether oxygens (including phenoxy) is 1. The van der Waals surface area contributed by atoms with Crippen LogP contribution >= 0.6 is 15.9 Å². The van der Waals surface area contributed by atoms with E-state index in [0.29, 0.717) is 5.89 Å². The molecule has 0 spiro atoms. The summed E-state index contributed by atoms with van der Waals surface area (Å²) in [6.45, 7) is 1.77. The van der Waals surface area contributed by atoms with E-state index in [9.17, 15) is 10.1 Å². The summed E-state index contributed by atoms with van der Waals surface area (Å²) in [4.78, 5) is 10.5. The zero-order valence-electron chi connectivity index (χ0n) is 12.6. The van der Waals surface area contributed by atoms with E-state index in [1.807, 2.05) is 31.2 Å². The predicted molar refractivity (Wildman–Crippen MR) is 89.6 cm³/mol. The average molecular weight is 390 g/mol. The molecule has 0 atom stereocenters. The molecule has 3 aromatic rings. The SMILES string of the molecule is Cc1ccc([N+](=O)[O-])c(OCc2nnc(-c3ccccc3Br)o2)c1. The highest BCUT2D eigenvalue weighted by molar-refractivity contribution is 9.10. The van der Waals surface area contributed by atoms with Gasteiger partial charge in [0.15, 0.2) is 12.4 Å². The molecule has 0 aliphatic carbocycles. The largest absolute Gasteiger partial charge is 0.477 e. The molecule has 2 aromatic carbocycles. The number of nitro benzene ring substituents is 1. The molecule has 0 bridgehead atoms. The van der Waals surface area contributed by atoms with E-state index in [0.717, 1.165) is 15.6 Å². The summed E-state index contributed by atoms with van der Waals surface area (Å²) in [5, 5.41) is 18.9. The highest BCUT2D eigenvalue weighted by Crippen LogP contribution is 2.29. The van der Waals surface area contributed by atoms with Crippen molar-refractivity contribution in [2.45, 2.75) is 13.5 Å². The molecular weight excluding hydrogens is 378 g/mol. The lowest BCUT2D eigenvalue weighted by Gasteiger charge is -2.05. The molecule has 122 valence electrons. The van der Waals surface area contributed by atoms with Gasteiger partial charge in [0.1, 0.15) is 0 Å². The molecule has 24 heavy (non-hydrogen) atoms. The van der Waals surface area contributed by atoms with Crippen molar-refractivity contribution in [3.05, 3.63) is 68.5 Å². The summed E-state index contributed by atoms with van der Waals surface area (Å²) in [7, 11) is 0. The lowest BCUT2D eigenvalue weighted by Crippen LogP contribution is -1.99. The minimum absolute atomic E-state index is 0.0538. The van der Waals surface area contributed by atoms with Crippen molar-refractivity contribution in [1.29, 1.82) is 0 Å². The van der Waals surface area contributed by atoms with E-state index >= 15 is 0 Å². The molecule has 0 N–H and O–H groups in total. The maximum absolute atomic E-state index is 11.0. The van der Waals surface area contributed by atoms with Gasteiger partial charge >= 0.3 is 5.69 Å². The average Bonchev–Trinajstić information content (AvgIpc) is 3.02. The van der Waals surface area contributed by atoms with Crippen LogP contribution in [0.3, 0.4) is 0 Å². The maximum atomic E-state index is 11.0. The van der Waals surface area contributed by atoms with Crippen molar-refractivity contribution >= 4 is 21.6 Å². The fourth-order valence-corrected chi connectivity index (χ4v) is 2.54. The molecule has 1 heterocycles. The monoisotopic (exact) mass is 389 g/mol. The number of aromatic nitrogens is 2. The number of hydrogen-bond acceptors (Lipinski definition) is 6. The van der Waals surface area contributed by atoms with Crippen LogP contribution in [-0.2, 0) is 6.61 Å². The molecule has 0 amide bonds. The number of aryl methyl sites for hydroxylation is 1. The Hall–Kier alpha value is -2.74. The highest BCUT2D eigenvalue weighted by Gasteiger charge is 2.17. The van der Waals surface area contributed by atoms with E-state index in [4.69, 9.17) is 9.15 Å². The number of nitro groups is 1. The summed E-state index contributed by atoms with van der Waals surface area (Å²) >= 11 is 3.42. The van der Waals surface area contributed by atoms with Crippen molar-refractivity contribution in [2.24, 2.45) is 0 Å². The number of nitrogens with zero attached hydrogens (tertiary/aromatic N) is 3. The molecule has 0 saturated heterocycles. The Morgan fingerprint density at radius 2 is 2.04 bits per heavy atom. The first-order chi connectivity index (χ1) is 11.5. The number of rotatable bonds is 5. The van der Waals surface area contributed by atoms with Gasteiger partial charge in [-0.05, 0) is 46.6 Å². The summed E-state index contributed by atoms with van der Waals surface area (Å²) in [5.41, 5.74) is 1.51. The van der Waals surface area contributed by atoms with E-state index in [1.54, 1.807) is 12.1 Å². The van der Waals surface area contributed by atoms with Crippen LogP contribution in [0.2, 0.25) is 0 Å². The number of benzene rings is 2. The van der Waals surface area contributed by atoms with Gasteiger partial charge in [-0.1, -0.05) is 18.2 Å². The molecule has 1 aromatic heterocycles. The zero-order valence-corrected chi connectivity index (χ0v) is 14.2. The first kappa shape index (κ1) is 16.1. The van der Waals surface area contributed by atoms with Crippen LogP contribution in [0.5, 0.6) is 5.75 Å². The normalized spacial score (nSPS) is 10.6. The van der Waals surface area contributed by atoms with Gasteiger partial charge in [-0.3, -0.25) is 10.1 Å². The Morgan fingerprint density at radius 3 is 2.79 bits per heavy atom. The molecule has 0 aliphatic rings. The second kappa shape index (κ2) is 6.79. The van der Waals surface area contributed by atoms with Crippen LogP contribution < -0.4 is 4.74 Å². The van der Waals surface area contributed by atoms with Gasteiger partial charge < -0.3 is 9.15 Å². The van der Waals surface area contributed by atoms with Crippen LogP contribution in [0.4, 0.5) is 5.69 Å². The molecule has 8 heteroatoms. The second-order valence-corrected chi connectivity index (χ2v) is 5.85. The zero-order chi connectivity index (χ0) is 17.1. The van der Waals surface area contributed by atoms with Crippen molar-refractivity contribution < 1.29 is 14.1 Å². The Bertz CT molecular complexity index is 895. The highest BCUT2D eigenvalue weighted by atomic mass is 79.9. The van der Waals surface area contributed by atoms with Gasteiger partial charge in [0, 0.05) is 10.5 Å². The molecule has 7 nitrogen and oxygen atoms in total. The first-order valence-electron chi connectivity index (χ1n) is 6.99. The number of halogens is 1. The Kier molecular flexibility index (Phi) is 4.57. The summed E-state index contributed by atoms with van der Waals surface area (Å²) in [6.07, 6.45) is 0. The maximum Gasteiger partial charge on any atom is 0.310 e. The van der Waals surface area contributed by atoms with Gasteiger partial charge in [-0.2, -0.15) is 0 Å². The third kappa shape index (κ3) is 3.43. The first-order valence-corrected chi connectivity index (χ1v) is 7.79. The molecule has 0 unspecified atom stereocenters. The minimum atomic E-state index is -0.491.